The minimum absolute atomic E-state index is 0.266. The van der Waals surface area contributed by atoms with Gasteiger partial charge in [0, 0.05) is 29.4 Å². The summed E-state index contributed by atoms with van der Waals surface area (Å²) in [6.45, 7) is 0.815. The van der Waals surface area contributed by atoms with Gasteiger partial charge in [0.15, 0.2) is 0 Å². The van der Waals surface area contributed by atoms with Gasteiger partial charge in [-0.3, -0.25) is 0 Å². The van der Waals surface area contributed by atoms with Crippen molar-refractivity contribution in [1.82, 2.24) is 9.55 Å². The molecule has 0 saturated heterocycles. The van der Waals surface area contributed by atoms with Crippen LogP contribution in [0.5, 0.6) is 0 Å². The normalized spacial score (nSPS) is 13.7. The number of benzene rings is 2. The molecule has 1 aliphatic carbocycles. The zero-order chi connectivity index (χ0) is 19.2. The van der Waals surface area contributed by atoms with E-state index in [-0.39, 0.29) is 12.4 Å². The number of aromatic nitrogens is 2. The lowest BCUT2D eigenvalue weighted by Gasteiger charge is -2.08. The van der Waals surface area contributed by atoms with E-state index in [9.17, 15) is 4.39 Å². The van der Waals surface area contributed by atoms with Gasteiger partial charge in [0.1, 0.15) is 18.1 Å². The quantitative estimate of drug-likeness (QED) is 0.365. The summed E-state index contributed by atoms with van der Waals surface area (Å²) in [5, 5.41) is 4.34. The number of oxime groups is 1. The molecule has 0 aliphatic heterocycles. The Morgan fingerprint density at radius 2 is 1.93 bits per heavy atom. The molecule has 0 spiro atoms. The maximum absolute atomic E-state index is 13.0. The van der Waals surface area contributed by atoms with Gasteiger partial charge in [-0.15, -0.1) is 0 Å². The van der Waals surface area contributed by atoms with Crippen LogP contribution in [0.25, 0.3) is 0 Å². The summed E-state index contributed by atoms with van der Waals surface area (Å²) in [7, 11) is 0. The van der Waals surface area contributed by atoms with Crippen LogP contribution in [0, 0.1) is 23.6 Å². The smallest absolute Gasteiger partial charge is 0.142 e. The third-order valence-electron chi connectivity index (χ3n) is 4.43. The van der Waals surface area contributed by atoms with E-state index in [2.05, 4.69) is 22.0 Å². The highest BCUT2D eigenvalue weighted by molar-refractivity contribution is 6.00. The number of hydrogen-bond donors (Lipinski definition) is 0. The maximum Gasteiger partial charge on any atom is 0.142 e. The molecule has 0 radical (unpaired) electrons. The lowest BCUT2D eigenvalue weighted by molar-refractivity contribution is 0.130. The molecular formula is C23H20FN3O. The van der Waals surface area contributed by atoms with Crippen molar-refractivity contribution in [1.29, 1.82) is 0 Å². The summed E-state index contributed by atoms with van der Waals surface area (Å²) in [5.74, 6) is 6.81. The molecule has 1 heterocycles. The summed E-state index contributed by atoms with van der Waals surface area (Å²) in [4.78, 5) is 9.63. The summed E-state index contributed by atoms with van der Waals surface area (Å²) in [6, 6.07) is 14.2. The molecule has 0 unspecified atom stereocenters. The van der Waals surface area contributed by atoms with Crippen molar-refractivity contribution in [2.75, 3.05) is 0 Å². The first kappa shape index (κ1) is 18.0. The molecular weight excluding hydrogens is 353 g/mol. The van der Waals surface area contributed by atoms with Crippen molar-refractivity contribution in [3.63, 3.8) is 0 Å². The topological polar surface area (TPSA) is 39.4 Å². The first-order chi connectivity index (χ1) is 13.8. The summed E-state index contributed by atoms with van der Waals surface area (Å²) < 4.78 is 15.0. The van der Waals surface area contributed by atoms with E-state index in [0.717, 1.165) is 22.4 Å². The number of hydrogen-bond acceptors (Lipinski definition) is 3. The molecule has 4 nitrogen and oxygen atoms in total. The third kappa shape index (κ3) is 5.08. The van der Waals surface area contributed by atoms with E-state index in [1.54, 1.807) is 24.7 Å². The Morgan fingerprint density at radius 3 is 2.61 bits per heavy atom. The Bertz CT molecular complexity index is 993. The van der Waals surface area contributed by atoms with Crippen molar-refractivity contribution in [2.24, 2.45) is 11.1 Å². The molecule has 0 bridgehead atoms. The number of rotatable bonds is 6. The van der Waals surface area contributed by atoms with Crippen molar-refractivity contribution >= 4 is 5.71 Å². The molecule has 140 valence electrons. The lowest BCUT2D eigenvalue weighted by atomic mass is 10.1. The first-order valence-corrected chi connectivity index (χ1v) is 9.27. The number of halogens is 1. The van der Waals surface area contributed by atoms with E-state index >= 15 is 0 Å². The molecule has 28 heavy (non-hydrogen) atoms. The Labute approximate surface area is 163 Å². The minimum Gasteiger partial charge on any atom is -0.391 e. The average Bonchev–Trinajstić information content (AvgIpc) is 3.41. The second kappa shape index (κ2) is 8.53. The van der Waals surface area contributed by atoms with E-state index < -0.39 is 0 Å². The molecule has 2 aromatic carbocycles. The van der Waals surface area contributed by atoms with Crippen LogP contribution in [-0.2, 0) is 18.0 Å². The predicted octanol–water partition coefficient (Wildman–Crippen LogP) is 4.40. The van der Waals surface area contributed by atoms with E-state index in [4.69, 9.17) is 4.84 Å². The lowest BCUT2D eigenvalue weighted by Crippen LogP contribution is -2.11. The molecule has 0 amide bonds. The zero-order valence-electron chi connectivity index (χ0n) is 15.4. The zero-order valence-corrected chi connectivity index (χ0v) is 15.4. The molecule has 1 fully saturated rings. The second-order valence-corrected chi connectivity index (χ2v) is 6.79. The molecule has 1 aliphatic rings. The average molecular weight is 373 g/mol. The fourth-order valence-corrected chi connectivity index (χ4v) is 2.65. The molecule has 1 saturated carbocycles. The SMILES string of the molecule is Fc1ccc(CON=C(Cn2ccnc2)c2ccc(C#CC3CC3)cc2)cc1. The Morgan fingerprint density at radius 1 is 1.14 bits per heavy atom. The van der Waals surface area contributed by atoms with Crippen LogP contribution in [0.15, 0.2) is 72.4 Å². The standard InChI is InChI=1S/C23H20FN3O/c24-22-11-7-20(8-12-22)16-28-26-23(15-27-14-13-25-17-27)21-9-5-19(6-10-21)4-3-18-1-2-18/h5-14,17-18H,1-2,15-16H2. The molecule has 1 aromatic heterocycles. The summed E-state index contributed by atoms with van der Waals surface area (Å²) in [6.07, 6.45) is 7.79. The van der Waals surface area contributed by atoms with Crippen LogP contribution in [0.4, 0.5) is 4.39 Å². The fourth-order valence-electron chi connectivity index (χ4n) is 2.65. The van der Waals surface area contributed by atoms with Crippen LogP contribution < -0.4 is 0 Å². The molecule has 4 rings (SSSR count). The van der Waals surface area contributed by atoms with Gasteiger partial charge in [-0.1, -0.05) is 41.3 Å². The highest BCUT2D eigenvalue weighted by Crippen LogP contribution is 2.27. The van der Waals surface area contributed by atoms with Gasteiger partial charge in [0.2, 0.25) is 0 Å². The molecule has 5 heteroatoms. The molecule has 0 atom stereocenters. The summed E-state index contributed by atoms with van der Waals surface area (Å²) in [5.41, 5.74) is 3.61. The van der Waals surface area contributed by atoms with Crippen molar-refractivity contribution in [3.8, 4) is 11.8 Å². The van der Waals surface area contributed by atoms with Gasteiger partial charge in [-0.2, -0.15) is 0 Å². The predicted molar refractivity (Wildman–Crippen MR) is 106 cm³/mol. The largest absolute Gasteiger partial charge is 0.391 e. The highest BCUT2D eigenvalue weighted by Gasteiger charge is 2.17. The minimum atomic E-state index is -0.266. The number of nitrogens with zero attached hydrogens (tertiary/aromatic N) is 3. The first-order valence-electron chi connectivity index (χ1n) is 9.27. The Kier molecular flexibility index (Phi) is 5.48. The van der Waals surface area contributed by atoms with Crippen molar-refractivity contribution < 1.29 is 9.23 Å². The van der Waals surface area contributed by atoms with Crippen molar-refractivity contribution in [2.45, 2.75) is 26.0 Å². The Hall–Kier alpha value is -3.39. The van der Waals surface area contributed by atoms with Gasteiger partial charge < -0.3 is 9.40 Å². The van der Waals surface area contributed by atoms with E-state index in [0.29, 0.717) is 12.5 Å². The van der Waals surface area contributed by atoms with E-state index in [1.165, 1.54) is 25.0 Å². The highest BCUT2D eigenvalue weighted by atomic mass is 19.1. The third-order valence-corrected chi connectivity index (χ3v) is 4.43. The van der Waals surface area contributed by atoms with Gasteiger partial charge in [-0.05, 0) is 42.7 Å². The van der Waals surface area contributed by atoms with Crippen molar-refractivity contribution in [3.05, 3.63) is 89.8 Å². The fraction of sp³-hybridized carbons (Fsp3) is 0.217. The van der Waals surface area contributed by atoms with Crippen LogP contribution in [-0.4, -0.2) is 15.3 Å². The van der Waals surface area contributed by atoms with Crippen LogP contribution >= 0.6 is 0 Å². The summed E-state index contributed by atoms with van der Waals surface area (Å²) >= 11 is 0. The molecule has 3 aromatic rings. The maximum atomic E-state index is 13.0. The number of imidazole rings is 1. The van der Waals surface area contributed by atoms with Gasteiger partial charge in [0.25, 0.3) is 0 Å². The van der Waals surface area contributed by atoms with Gasteiger partial charge >= 0.3 is 0 Å². The van der Waals surface area contributed by atoms with Crippen LogP contribution in [0.2, 0.25) is 0 Å². The van der Waals surface area contributed by atoms with Gasteiger partial charge in [0.05, 0.1) is 12.9 Å². The van der Waals surface area contributed by atoms with Crippen LogP contribution in [0.1, 0.15) is 29.5 Å². The van der Waals surface area contributed by atoms with Gasteiger partial charge in [-0.25, -0.2) is 9.37 Å². The van der Waals surface area contributed by atoms with E-state index in [1.807, 2.05) is 35.0 Å². The van der Waals surface area contributed by atoms with Crippen LogP contribution in [0.3, 0.4) is 0 Å². The second-order valence-electron chi connectivity index (χ2n) is 6.79. The monoisotopic (exact) mass is 373 g/mol. The Balaban J connectivity index is 1.49. The molecule has 0 N–H and O–H groups in total.